The zero-order chi connectivity index (χ0) is 11.4. The zero-order valence-electron chi connectivity index (χ0n) is 9.27. The summed E-state index contributed by atoms with van der Waals surface area (Å²) in [5, 5.41) is 19.4. The Morgan fingerprint density at radius 2 is 2.07 bits per heavy atom. The lowest BCUT2D eigenvalue weighted by atomic mass is 9.97. The molecule has 3 nitrogen and oxygen atoms in total. The van der Waals surface area contributed by atoms with Crippen molar-refractivity contribution in [3.8, 4) is 5.75 Å². The minimum atomic E-state index is -0.594. The monoisotopic (exact) mass is 209 g/mol. The van der Waals surface area contributed by atoms with E-state index < -0.39 is 12.1 Å². The summed E-state index contributed by atoms with van der Waals surface area (Å²) in [4.78, 5) is 0. The Labute approximate surface area is 90.5 Å². The van der Waals surface area contributed by atoms with Crippen molar-refractivity contribution in [2.75, 3.05) is 0 Å². The lowest BCUT2D eigenvalue weighted by Gasteiger charge is -2.19. The van der Waals surface area contributed by atoms with Gasteiger partial charge in [0.05, 0.1) is 12.1 Å². The molecular formula is C12H19NO2. The molecule has 0 heterocycles. The summed E-state index contributed by atoms with van der Waals surface area (Å²) in [5.41, 5.74) is 7.46. The summed E-state index contributed by atoms with van der Waals surface area (Å²) >= 11 is 0. The first-order valence-corrected chi connectivity index (χ1v) is 5.29. The number of phenols is 1. The molecule has 0 aromatic heterocycles. The highest BCUT2D eigenvalue weighted by atomic mass is 16.3. The summed E-state index contributed by atoms with van der Waals surface area (Å²) in [6.45, 7) is 3.89. The molecule has 0 fully saturated rings. The van der Waals surface area contributed by atoms with Gasteiger partial charge in [0.15, 0.2) is 0 Å². The number of rotatable bonds is 4. The SMILES string of the molecule is CCC[C@H](O)[C@H](N)c1ccc(C)cc1O. The van der Waals surface area contributed by atoms with E-state index in [2.05, 4.69) is 0 Å². The standard InChI is InChI=1S/C12H19NO2/c1-3-4-10(14)12(13)9-6-5-8(2)7-11(9)15/h5-7,10,12,14-15H,3-4,13H2,1-2H3/t10-,12+/m0/s1. The van der Waals surface area contributed by atoms with Crippen molar-refractivity contribution in [1.29, 1.82) is 0 Å². The van der Waals surface area contributed by atoms with Crippen molar-refractivity contribution in [1.82, 2.24) is 0 Å². The first-order chi connectivity index (χ1) is 7.06. The van der Waals surface area contributed by atoms with Crippen LogP contribution in [-0.4, -0.2) is 16.3 Å². The molecule has 0 saturated heterocycles. The molecule has 2 atom stereocenters. The van der Waals surface area contributed by atoms with Gasteiger partial charge < -0.3 is 15.9 Å². The van der Waals surface area contributed by atoms with E-state index in [0.29, 0.717) is 12.0 Å². The van der Waals surface area contributed by atoms with Gasteiger partial charge >= 0.3 is 0 Å². The Kier molecular flexibility index (Phi) is 4.12. The second-order valence-corrected chi connectivity index (χ2v) is 3.94. The van der Waals surface area contributed by atoms with Crippen molar-refractivity contribution in [2.24, 2.45) is 5.73 Å². The highest BCUT2D eigenvalue weighted by Crippen LogP contribution is 2.27. The van der Waals surface area contributed by atoms with E-state index in [-0.39, 0.29) is 5.75 Å². The summed E-state index contributed by atoms with van der Waals surface area (Å²) in [6.07, 6.45) is 0.930. The van der Waals surface area contributed by atoms with Crippen molar-refractivity contribution < 1.29 is 10.2 Å². The molecule has 1 aromatic carbocycles. The third-order valence-electron chi connectivity index (χ3n) is 2.54. The van der Waals surface area contributed by atoms with Gasteiger partial charge in [0.25, 0.3) is 0 Å². The van der Waals surface area contributed by atoms with E-state index >= 15 is 0 Å². The van der Waals surface area contributed by atoms with Crippen LogP contribution in [0.2, 0.25) is 0 Å². The van der Waals surface area contributed by atoms with Gasteiger partial charge in [0.2, 0.25) is 0 Å². The molecule has 0 saturated carbocycles. The number of hydrogen-bond acceptors (Lipinski definition) is 3. The highest BCUT2D eigenvalue weighted by molar-refractivity contribution is 5.38. The van der Waals surface area contributed by atoms with Gasteiger partial charge in [-0.15, -0.1) is 0 Å². The fourth-order valence-electron chi connectivity index (χ4n) is 1.62. The number of nitrogens with two attached hydrogens (primary N) is 1. The number of phenolic OH excluding ortho intramolecular Hbond substituents is 1. The number of aromatic hydroxyl groups is 1. The maximum atomic E-state index is 9.73. The van der Waals surface area contributed by atoms with Crippen LogP contribution in [-0.2, 0) is 0 Å². The van der Waals surface area contributed by atoms with Crippen LogP contribution in [0.25, 0.3) is 0 Å². The molecule has 0 bridgehead atoms. The molecule has 0 aliphatic rings. The summed E-state index contributed by atoms with van der Waals surface area (Å²) in [6, 6.07) is 4.81. The molecule has 0 radical (unpaired) electrons. The Balaban J connectivity index is 2.86. The summed E-state index contributed by atoms with van der Waals surface area (Å²) in [5.74, 6) is 0.164. The Morgan fingerprint density at radius 3 is 2.60 bits per heavy atom. The van der Waals surface area contributed by atoms with Crippen LogP contribution >= 0.6 is 0 Å². The Morgan fingerprint density at radius 1 is 1.40 bits per heavy atom. The van der Waals surface area contributed by atoms with Gasteiger partial charge in [-0.25, -0.2) is 0 Å². The molecule has 0 aliphatic heterocycles. The number of aliphatic hydroxyl groups is 1. The molecule has 84 valence electrons. The van der Waals surface area contributed by atoms with E-state index in [1.807, 2.05) is 19.9 Å². The number of benzene rings is 1. The molecule has 3 heteroatoms. The molecule has 0 spiro atoms. The first kappa shape index (κ1) is 12.0. The third kappa shape index (κ3) is 2.94. The Bertz CT molecular complexity index is 325. The van der Waals surface area contributed by atoms with Crippen molar-refractivity contribution in [2.45, 2.75) is 38.8 Å². The fourth-order valence-corrected chi connectivity index (χ4v) is 1.62. The molecule has 15 heavy (non-hydrogen) atoms. The maximum Gasteiger partial charge on any atom is 0.120 e. The predicted molar refractivity (Wildman–Crippen MR) is 60.7 cm³/mol. The van der Waals surface area contributed by atoms with Crippen LogP contribution in [0.4, 0.5) is 0 Å². The number of aliphatic hydroxyl groups excluding tert-OH is 1. The largest absolute Gasteiger partial charge is 0.508 e. The molecular weight excluding hydrogens is 190 g/mol. The molecule has 0 amide bonds. The minimum Gasteiger partial charge on any atom is -0.508 e. The minimum absolute atomic E-state index is 0.164. The average molecular weight is 209 g/mol. The highest BCUT2D eigenvalue weighted by Gasteiger charge is 2.18. The molecule has 1 rings (SSSR count). The van der Waals surface area contributed by atoms with Gasteiger partial charge in [-0.2, -0.15) is 0 Å². The molecule has 4 N–H and O–H groups in total. The van der Waals surface area contributed by atoms with Crippen molar-refractivity contribution in [3.05, 3.63) is 29.3 Å². The lowest BCUT2D eigenvalue weighted by Crippen LogP contribution is -2.26. The predicted octanol–water partition coefficient (Wildman–Crippen LogP) is 1.86. The van der Waals surface area contributed by atoms with Gasteiger partial charge in [-0.1, -0.05) is 25.5 Å². The molecule has 0 unspecified atom stereocenters. The van der Waals surface area contributed by atoms with E-state index in [1.54, 1.807) is 12.1 Å². The van der Waals surface area contributed by atoms with Crippen LogP contribution in [0, 0.1) is 6.92 Å². The van der Waals surface area contributed by atoms with Crippen LogP contribution in [0.3, 0.4) is 0 Å². The van der Waals surface area contributed by atoms with Crippen LogP contribution in [0.1, 0.15) is 36.9 Å². The quantitative estimate of drug-likeness (QED) is 0.709. The molecule has 1 aromatic rings. The van der Waals surface area contributed by atoms with Crippen molar-refractivity contribution >= 4 is 0 Å². The normalized spacial score (nSPS) is 14.9. The van der Waals surface area contributed by atoms with Crippen LogP contribution in [0.5, 0.6) is 5.75 Å². The number of hydrogen-bond donors (Lipinski definition) is 3. The number of aryl methyl sites for hydroxylation is 1. The van der Waals surface area contributed by atoms with Gasteiger partial charge in [0.1, 0.15) is 5.75 Å². The Hall–Kier alpha value is -1.06. The van der Waals surface area contributed by atoms with Crippen molar-refractivity contribution in [3.63, 3.8) is 0 Å². The van der Waals surface area contributed by atoms with Gasteiger partial charge in [0, 0.05) is 5.56 Å². The van der Waals surface area contributed by atoms with Gasteiger partial charge in [-0.05, 0) is 25.0 Å². The third-order valence-corrected chi connectivity index (χ3v) is 2.54. The summed E-state index contributed by atoms with van der Waals surface area (Å²) in [7, 11) is 0. The zero-order valence-corrected chi connectivity index (χ0v) is 9.27. The first-order valence-electron chi connectivity index (χ1n) is 5.29. The topological polar surface area (TPSA) is 66.5 Å². The van der Waals surface area contributed by atoms with E-state index in [1.165, 1.54) is 0 Å². The van der Waals surface area contributed by atoms with Crippen LogP contribution in [0.15, 0.2) is 18.2 Å². The van der Waals surface area contributed by atoms with E-state index in [0.717, 1.165) is 12.0 Å². The smallest absolute Gasteiger partial charge is 0.120 e. The fraction of sp³-hybridized carbons (Fsp3) is 0.500. The van der Waals surface area contributed by atoms with Gasteiger partial charge in [-0.3, -0.25) is 0 Å². The average Bonchev–Trinajstić information content (AvgIpc) is 2.17. The summed E-state index contributed by atoms with van der Waals surface area (Å²) < 4.78 is 0. The van der Waals surface area contributed by atoms with E-state index in [9.17, 15) is 10.2 Å². The molecule has 0 aliphatic carbocycles. The van der Waals surface area contributed by atoms with Crippen LogP contribution < -0.4 is 5.73 Å². The maximum absolute atomic E-state index is 9.73. The second-order valence-electron chi connectivity index (χ2n) is 3.94. The van der Waals surface area contributed by atoms with E-state index in [4.69, 9.17) is 5.73 Å². The second kappa shape index (κ2) is 5.14. The lowest BCUT2D eigenvalue weighted by molar-refractivity contribution is 0.133.